The van der Waals surface area contributed by atoms with Gasteiger partial charge in [0, 0.05) is 12.6 Å². The van der Waals surface area contributed by atoms with Gasteiger partial charge in [0.2, 0.25) is 10.0 Å². The predicted molar refractivity (Wildman–Crippen MR) is 63.2 cm³/mol. The van der Waals surface area contributed by atoms with Gasteiger partial charge in [0.1, 0.15) is 16.5 Å². The first-order chi connectivity index (χ1) is 8.31. The molecule has 2 unspecified atom stereocenters. The maximum absolute atomic E-state index is 13.4. The highest BCUT2D eigenvalue weighted by Gasteiger charge is 2.33. The zero-order valence-electron chi connectivity index (χ0n) is 9.78. The molecule has 1 aliphatic carbocycles. The molecular weight excluding hydrogens is 262 g/mol. The number of rotatable bonds is 4. The van der Waals surface area contributed by atoms with E-state index in [2.05, 4.69) is 4.72 Å². The first-order valence-corrected chi connectivity index (χ1v) is 7.04. The second-order valence-electron chi connectivity index (χ2n) is 4.63. The van der Waals surface area contributed by atoms with E-state index in [9.17, 15) is 17.2 Å². The van der Waals surface area contributed by atoms with Crippen molar-refractivity contribution in [3.8, 4) is 0 Å². The molecule has 4 nitrogen and oxygen atoms in total. The maximum Gasteiger partial charge on any atom is 0.243 e. The number of nitrogens with two attached hydrogens (primary N) is 1. The minimum absolute atomic E-state index is 0.264. The Morgan fingerprint density at radius 2 is 2.00 bits per heavy atom. The van der Waals surface area contributed by atoms with E-state index < -0.39 is 32.2 Å². The van der Waals surface area contributed by atoms with Crippen LogP contribution in [0, 0.1) is 23.5 Å². The molecule has 1 aromatic carbocycles. The van der Waals surface area contributed by atoms with Gasteiger partial charge in [-0.25, -0.2) is 21.9 Å². The Balaban J connectivity index is 2.21. The molecule has 0 saturated heterocycles. The normalized spacial score (nSPS) is 23.1. The fourth-order valence-electron chi connectivity index (χ4n) is 1.73. The fourth-order valence-corrected chi connectivity index (χ4v) is 2.92. The molecule has 7 heteroatoms. The molecule has 0 amide bonds. The lowest BCUT2D eigenvalue weighted by molar-refractivity contribution is 0.542. The summed E-state index contributed by atoms with van der Waals surface area (Å²) >= 11 is 0. The SMILES string of the molecule is CC1CC1CNS(=O)(=O)c1cc(N)c(F)cc1F. The van der Waals surface area contributed by atoms with Crippen LogP contribution in [-0.2, 0) is 10.0 Å². The monoisotopic (exact) mass is 276 g/mol. The van der Waals surface area contributed by atoms with Crippen molar-refractivity contribution in [2.24, 2.45) is 11.8 Å². The van der Waals surface area contributed by atoms with E-state index in [-0.39, 0.29) is 6.54 Å². The molecule has 2 atom stereocenters. The van der Waals surface area contributed by atoms with Crippen molar-refractivity contribution in [3.05, 3.63) is 23.8 Å². The standard InChI is InChI=1S/C11H14F2N2O2S/c1-6-2-7(6)5-15-18(16,17)11-4-10(14)8(12)3-9(11)13/h3-4,6-7,15H,2,5,14H2,1H3. The minimum Gasteiger partial charge on any atom is -0.396 e. The number of nitrogen functional groups attached to an aromatic ring is 1. The van der Waals surface area contributed by atoms with Crippen LogP contribution in [0.1, 0.15) is 13.3 Å². The van der Waals surface area contributed by atoms with E-state index in [4.69, 9.17) is 5.73 Å². The van der Waals surface area contributed by atoms with Crippen LogP contribution in [0.25, 0.3) is 0 Å². The average molecular weight is 276 g/mol. The number of halogens is 2. The van der Waals surface area contributed by atoms with Crippen molar-refractivity contribution in [1.82, 2.24) is 4.72 Å². The molecule has 18 heavy (non-hydrogen) atoms. The van der Waals surface area contributed by atoms with Gasteiger partial charge in [-0.3, -0.25) is 0 Å². The third kappa shape index (κ3) is 2.62. The number of anilines is 1. The number of nitrogens with one attached hydrogen (secondary N) is 1. The van der Waals surface area contributed by atoms with Crippen molar-refractivity contribution in [2.45, 2.75) is 18.2 Å². The fraction of sp³-hybridized carbons (Fsp3) is 0.455. The Bertz CT molecular complexity index is 575. The Kier molecular flexibility index (Phi) is 3.29. The van der Waals surface area contributed by atoms with E-state index in [0.717, 1.165) is 12.5 Å². The molecule has 3 N–H and O–H groups in total. The lowest BCUT2D eigenvalue weighted by atomic mass is 10.3. The van der Waals surface area contributed by atoms with Crippen LogP contribution in [0.4, 0.5) is 14.5 Å². The highest BCUT2D eigenvalue weighted by Crippen LogP contribution is 2.37. The van der Waals surface area contributed by atoms with Crippen molar-refractivity contribution in [3.63, 3.8) is 0 Å². The summed E-state index contributed by atoms with van der Waals surface area (Å²) in [6.07, 6.45) is 0.955. The van der Waals surface area contributed by atoms with E-state index in [1.807, 2.05) is 6.92 Å². The van der Waals surface area contributed by atoms with E-state index in [1.54, 1.807) is 0 Å². The number of hydrogen-bond donors (Lipinski definition) is 2. The molecular formula is C11H14F2N2O2S. The molecule has 0 bridgehead atoms. The minimum atomic E-state index is -3.98. The molecule has 0 spiro atoms. The maximum atomic E-state index is 13.4. The number of benzene rings is 1. The largest absolute Gasteiger partial charge is 0.396 e. The highest BCUT2D eigenvalue weighted by molar-refractivity contribution is 7.89. The number of hydrogen-bond acceptors (Lipinski definition) is 3. The summed E-state index contributed by atoms with van der Waals surface area (Å²) in [5, 5.41) is 0. The van der Waals surface area contributed by atoms with E-state index in [0.29, 0.717) is 17.9 Å². The van der Waals surface area contributed by atoms with Gasteiger partial charge in [-0.05, 0) is 24.3 Å². The third-order valence-corrected chi connectivity index (χ3v) is 4.59. The van der Waals surface area contributed by atoms with Crippen molar-refractivity contribution in [1.29, 1.82) is 0 Å². The Labute approximate surface area is 104 Å². The van der Waals surface area contributed by atoms with Gasteiger partial charge in [0.05, 0.1) is 5.69 Å². The quantitative estimate of drug-likeness (QED) is 0.818. The Morgan fingerprint density at radius 3 is 2.56 bits per heavy atom. The first kappa shape index (κ1) is 13.2. The van der Waals surface area contributed by atoms with Crippen molar-refractivity contribution >= 4 is 15.7 Å². The summed E-state index contributed by atoms with van der Waals surface area (Å²) in [4.78, 5) is -0.616. The smallest absolute Gasteiger partial charge is 0.243 e. The molecule has 100 valence electrons. The van der Waals surface area contributed by atoms with Crippen molar-refractivity contribution < 1.29 is 17.2 Å². The lowest BCUT2D eigenvalue weighted by Crippen LogP contribution is -2.27. The first-order valence-electron chi connectivity index (χ1n) is 5.55. The van der Waals surface area contributed by atoms with Crippen LogP contribution in [-0.4, -0.2) is 15.0 Å². The van der Waals surface area contributed by atoms with Gasteiger partial charge in [-0.15, -0.1) is 0 Å². The third-order valence-electron chi connectivity index (χ3n) is 3.15. The highest BCUT2D eigenvalue weighted by atomic mass is 32.2. The predicted octanol–water partition coefficient (Wildman–Crippen LogP) is 1.48. The summed E-state index contributed by atoms with van der Waals surface area (Å²) in [6, 6.07) is 1.27. The molecule has 0 heterocycles. The van der Waals surface area contributed by atoms with E-state index >= 15 is 0 Å². The van der Waals surface area contributed by atoms with Crippen LogP contribution in [0.15, 0.2) is 17.0 Å². The second-order valence-corrected chi connectivity index (χ2v) is 6.36. The van der Waals surface area contributed by atoms with Crippen LogP contribution in [0.2, 0.25) is 0 Å². The summed E-state index contributed by atoms with van der Waals surface area (Å²) in [7, 11) is -3.98. The zero-order valence-corrected chi connectivity index (χ0v) is 10.6. The molecule has 0 radical (unpaired) electrons. The average Bonchev–Trinajstić information content (AvgIpc) is 2.97. The number of sulfonamides is 1. The van der Waals surface area contributed by atoms with Gasteiger partial charge in [-0.1, -0.05) is 6.92 Å². The van der Waals surface area contributed by atoms with Gasteiger partial charge in [0.25, 0.3) is 0 Å². The molecule has 1 fully saturated rings. The van der Waals surface area contributed by atoms with Crippen LogP contribution in [0.5, 0.6) is 0 Å². The Morgan fingerprint density at radius 1 is 1.39 bits per heavy atom. The molecule has 0 aromatic heterocycles. The van der Waals surface area contributed by atoms with Gasteiger partial charge >= 0.3 is 0 Å². The summed E-state index contributed by atoms with van der Waals surface area (Å²) in [6.45, 7) is 2.27. The molecule has 0 aliphatic heterocycles. The van der Waals surface area contributed by atoms with Gasteiger partial charge in [0.15, 0.2) is 0 Å². The molecule has 1 aliphatic rings. The van der Waals surface area contributed by atoms with Crippen LogP contribution in [0.3, 0.4) is 0 Å². The van der Waals surface area contributed by atoms with Crippen LogP contribution >= 0.6 is 0 Å². The summed E-state index contributed by atoms with van der Waals surface area (Å²) < 4.78 is 52.3. The van der Waals surface area contributed by atoms with Gasteiger partial charge in [-0.2, -0.15) is 0 Å². The lowest BCUT2D eigenvalue weighted by Gasteiger charge is -2.08. The zero-order chi connectivity index (χ0) is 13.5. The summed E-state index contributed by atoms with van der Waals surface area (Å²) in [5.41, 5.74) is 4.85. The Hall–Kier alpha value is -1.21. The van der Waals surface area contributed by atoms with Crippen molar-refractivity contribution in [2.75, 3.05) is 12.3 Å². The molecule has 1 saturated carbocycles. The summed E-state index contributed by atoms with van der Waals surface area (Å²) in [5.74, 6) is -1.34. The second kappa shape index (κ2) is 4.47. The van der Waals surface area contributed by atoms with Crippen LogP contribution < -0.4 is 10.5 Å². The molecule has 2 rings (SSSR count). The molecule has 1 aromatic rings. The van der Waals surface area contributed by atoms with Gasteiger partial charge < -0.3 is 5.73 Å². The van der Waals surface area contributed by atoms with E-state index in [1.165, 1.54) is 0 Å². The topological polar surface area (TPSA) is 72.2 Å².